The summed E-state index contributed by atoms with van der Waals surface area (Å²) >= 11 is 0. The maximum Gasteiger partial charge on any atom is 0.302 e. The maximum atomic E-state index is 11.6. The fraction of sp³-hybridized carbons (Fsp3) is 0.875. The van der Waals surface area contributed by atoms with Gasteiger partial charge in [-0.25, -0.2) is 0 Å². The lowest BCUT2D eigenvalue weighted by atomic mass is 9.58. The van der Waals surface area contributed by atoms with Gasteiger partial charge in [0, 0.05) is 12.8 Å². The van der Waals surface area contributed by atoms with Gasteiger partial charge in [0.15, 0.2) is 0 Å². The summed E-state index contributed by atoms with van der Waals surface area (Å²) < 4.78 is 5.23. The first kappa shape index (κ1) is 14.5. The highest BCUT2D eigenvalue weighted by Gasteiger charge is 2.44. The highest BCUT2D eigenvalue weighted by molar-refractivity contribution is 5.65. The van der Waals surface area contributed by atoms with Crippen LogP contribution in [0.15, 0.2) is 0 Å². The molecule has 0 bridgehead atoms. The number of carbonyl (C=O) groups is 2. The molecule has 5 atom stereocenters. The van der Waals surface area contributed by atoms with E-state index in [0.29, 0.717) is 30.3 Å². The molecule has 0 aromatic rings. The van der Waals surface area contributed by atoms with E-state index in [2.05, 4.69) is 6.92 Å². The molecule has 19 heavy (non-hydrogen) atoms. The quantitative estimate of drug-likeness (QED) is 0.579. The van der Waals surface area contributed by atoms with Crippen molar-refractivity contribution in [1.29, 1.82) is 0 Å². The van der Waals surface area contributed by atoms with Crippen LogP contribution in [0.4, 0.5) is 0 Å². The van der Waals surface area contributed by atoms with Gasteiger partial charge in [-0.05, 0) is 36.5 Å². The van der Waals surface area contributed by atoms with E-state index in [1.165, 1.54) is 38.9 Å². The summed E-state index contributed by atoms with van der Waals surface area (Å²) in [6.07, 6.45) is 8.38. The van der Waals surface area contributed by atoms with Gasteiger partial charge in [0.25, 0.3) is 0 Å². The molecule has 108 valence electrons. The van der Waals surface area contributed by atoms with E-state index >= 15 is 0 Å². The third kappa shape index (κ3) is 3.18. The standard InChI is InChI=1S/C16H26O3/c1-3-14-13(10-19-11(2)18)8-12-6-4-5-7-15(12)16(14)9-17/h9,12-16H,3-8,10H2,1-2H3/t12-,13-,14+,15+,16+/m0/s1. The van der Waals surface area contributed by atoms with Gasteiger partial charge >= 0.3 is 5.97 Å². The molecular weight excluding hydrogens is 240 g/mol. The van der Waals surface area contributed by atoms with Crippen molar-refractivity contribution in [1.82, 2.24) is 0 Å². The first-order valence-corrected chi connectivity index (χ1v) is 7.76. The molecule has 3 nitrogen and oxygen atoms in total. The summed E-state index contributed by atoms with van der Waals surface area (Å²) in [5.41, 5.74) is 0. The summed E-state index contributed by atoms with van der Waals surface area (Å²) in [5.74, 6) is 2.02. The predicted molar refractivity (Wildman–Crippen MR) is 73.5 cm³/mol. The van der Waals surface area contributed by atoms with Gasteiger partial charge in [-0.15, -0.1) is 0 Å². The van der Waals surface area contributed by atoms with Crippen molar-refractivity contribution in [3.63, 3.8) is 0 Å². The van der Waals surface area contributed by atoms with Crippen LogP contribution in [-0.4, -0.2) is 18.9 Å². The summed E-state index contributed by atoms with van der Waals surface area (Å²) in [4.78, 5) is 22.6. The number of hydrogen-bond donors (Lipinski definition) is 0. The van der Waals surface area contributed by atoms with E-state index in [-0.39, 0.29) is 11.9 Å². The molecule has 2 saturated carbocycles. The molecule has 2 fully saturated rings. The number of esters is 1. The van der Waals surface area contributed by atoms with E-state index in [4.69, 9.17) is 4.74 Å². The van der Waals surface area contributed by atoms with Crippen LogP contribution in [0.3, 0.4) is 0 Å². The van der Waals surface area contributed by atoms with Crippen LogP contribution in [0, 0.1) is 29.6 Å². The van der Waals surface area contributed by atoms with Crippen LogP contribution < -0.4 is 0 Å². The first-order chi connectivity index (χ1) is 9.17. The van der Waals surface area contributed by atoms with Gasteiger partial charge in [0.05, 0.1) is 6.61 Å². The maximum absolute atomic E-state index is 11.6. The SMILES string of the molecule is CC[C@@H]1[C@H](COC(C)=O)C[C@@H]2CCCC[C@H]2[C@@H]1C=O. The minimum Gasteiger partial charge on any atom is -0.466 e. The first-order valence-electron chi connectivity index (χ1n) is 7.76. The van der Waals surface area contributed by atoms with E-state index < -0.39 is 0 Å². The van der Waals surface area contributed by atoms with Crippen molar-refractivity contribution < 1.29 is 14.3 Å². The molecule has 3 heteroatoms. The van der Waals surface area contributed by atoms with Crippen molar-refractivity contribution in [2.45, 2.75) is 52.4 Å². The molecule has 2 aliphatic rings. The fourth-order valence-electron chi connectivity index (χ4n) is 4.45. The molecule has 2 aliphatic carbocycles. The Kier molecular flexibility index (Phi) is 5.00. The van der Waals surface area contributed by atoms with E-state index in [0.717, 1.165) is 12.8 Å². The van der Waals surface area contributed by atoms with E-state index in [9.17, 15) is 9.59 Å². The fourth-order valence-corrected chi connectivity index (χ4v) is 4.45. The lowest BCUT2D eigenvalue weighted by Crippen LogP contribution is -2.43. The van der Waals surface area contributed by atoms with Crippen molar-refractivity contribution in [3.05, 3.63) is 0 Å². The summed E-state index contributed by atoms with van der Waals surface area (Å²) in [5, 5.41) is 0. The van der Waals surface area contributed by atoms with Crippen LogP contribution in [0.1, 0.15) is 52.4 Å². The number of ether oxygens (including phenoxy) is 1. The second-order valence-corrected chi connectivity index (χ2v) is 6.29. The molecule has 0 heterocycles. The minimum absolute atomic E-state index is 0.185. The molecular formula is C16H26O3. The van der Waals surface area contributed by atoms with Crippen LogP contribution in [0.5, 0.6) is 0 Å². The van der Waals surface area contributed by atoms with Gasteiger partial charge in [-0.2, -0.15) is 0 Å². The number of aldehydes is 1. The second-order valence-electron chi connectivity index (χ2n) is 6.29. The number of rotatable bonds is 4. The Morgan fingerprint density at radius 1 is 1.32 bits per heavy atom. The molecule has 0 spiro atoms. The molecule has 0 aromatic heterocycles. The van der Waals surface area contributed by atoms with Crippen LogP contribution in [0.2, 0.25) is 0 Å². The van der Waals surface area contributed by atoms with Gasteiger partial charge in [0.1, 0.15) is 6.29 Å². The second kappa shape index (κ2) is 6.53. The monoisotopic (exact) mass is 266 g/mol. The Morgan fingerprint density at radius 2 is 2.05 bits per heavy atom. The summed E-state index contributed by atoms with van der Waals surface area (Å²) in [7, 11) is 0. The Labute approximate surface area is 116 Å². The Balaban J connectivity index is 2.09. The Morgan fingerprint density at radius 3 is 2.68 bits per heavy atom. The third-order valence-electron chi connectivity index (χ3n) is 5.30. The molecule has 0 radical (unpaired) electrons. The molecule has 0 aliphatic heterocycles. The average molecular weight is 266 g/mol. The van der Waals surface area contributed by atoms with Crippen molar-refractivity contribution in [3.8, 4) is 0 Å². The highest BCUT2D eigenvalue weighted by atomic mass is 16.5. The van der Waals surface area contributed by atoms with Crippen LogP contribution in [-0.2, 0) is 14.3 Å². The predicted octanol–water partition coefficient (Wildman–Crippen LogP) is 3.22. The van der Waals surface area contributed by atoms with Gasteiger partial charge in [-0.3, -0.25) is 4.79 Å². The highest BCUT2D eigenvalue weighted by Crippen LogP contribution is 2.49. The van der Waals surface area contributed by atoms with Crippen LogP contribution >= 0.6 is 0 Å². The number of fused-ring (bicyclic) bond motifs is 1. The van der Waals surface area contributed by atoms with Gasteiger partial charge < -0.3 is 9.53 Å². The largest absolute Gasteiger partial charge is 0.466 e. The third-order valence-corrected chi connectivity index (χ3v) is 5.30. The molecule has 0 amide bonds. The minimum atomic E-state index is -0.205. The Hall–Kier alpha value is -0.860. The average Bonchev–Trinajstić information content (AvgIpc) is 2.43. The van der Waals surface area contributed by atoms with Gasteiger partial charge in [-0.1, -0.05) is 32.6 Å². The molecule has 0 unspecified atom stereocenters. The van der Waals surface area contributed by atoms with E-state index in [1.54, 1.807) is 0 Å². The zero-order valence-electron chi connectivity index (χ0n) is 12.1. The topological polar surface area (TPSA) is 43.4 Å². The molecule has 0 saturated heterocycles. The smallest absolute Gasteiger partial charge is 0.302 e. The van der Waals surface area contributed by atoms with Crippen molar-refractivity contribution in [2.75, 3.05) is 6.61 Å². The van der Waals surface area contributed by atoms with Crippen molar-refractivity contribution >= 4 is 12.3 Å². The summed E-state index contributed by atoms with van der Waals surface area (Å²) in [6.45, 7) is 4.12. The van der Waals surface area contributed by atoms with Gasteiger partial charge in [0.2, 0.25) is 0 Å². The lowest BCUT2D eigenvalue weighted by Gasteiger charge is -2.47. The zero-order chi connectivity index (χ0) is 13.8. The zero-order valence-corrected chi connectivity index (χ0v) is 12.1. The molecule has 2 rings (SSSR count). The number of carbonyl (C=O) groups excluding carboxylic acids is 2. The van der Waals surface area contributed by atoms with Crippen molar-refractivity contribution in [2.24, 2.45) is 29.6 Å². The molecule has 0 N–H and O–H groups in total. The molecule has 0 aromatic carbocycles. The number of hydrogen-bond acceptors (Lipinski definition) is 3. The normalized spacial score (nSPS) is 38.3. The lowest BCUT2D eigenvalue weighted by molar-refractivity contribution is -0.145. The summed E-state index contributed by atoms with van der Waals surface area (Å²) in [6, 6.07) is 0. The Bertz CT molecular complexity index is 326. The van der Waals surface area contributed by atoms with E-state index in [1.807, 2.05) is 0 Å². The van der Waals surface area contributed by atoms with Crippen LogP contribution in [0.25, 0.3) is 0 Å².